The standard InChI is InChI=1S/C22H16N6O2/c1-12-7-9-14(10-8-12)28-21(25)15(11-23)18-19(27-28)17(24)16(22(30)26-18)20(29)13-5-3-2-4-6-13/h2-10,25H,24H2,1H3,(H,26,30). The molecule has 0 fully saturated rings. The summed E-state index contributed by atoms with van der Waals surface area (Å²) in [6.45, 7) is 1.93. The molecule has 0 spiro atoms. The fraction of sp³-hybridized carbons (Fsp3) is 0.0455. The van der Waals surface area contributed by atoms with Gasteiger partial charge in [-0.15, -0.1) is 0 Å². The van der Waals surface area contributed by atoms with E-state index in [1.165, 1.54) is 4.68 Å². The van der Waals surface area contributed by atoms with Crippen LogP contribution in [0.3, 0.4) is 0 Å². The van der Waals surface area contributed by atoms with Crippen molar-refractivity contribution < 1.29 is 4.79 Å². The number of hydrogen-bond donors (Lipinski definition) is 3. The first-order valence-electron chi connectivity index (χ1n) is 9.02. The third-order valence-corrected chi connectivity index (χ3v) is 4.78. The lowest BCUT2D eigenvalue weighted by Crippen LogP contribution is -2.28. The third-order valence-electron chi connectivity index (χ3n) is 4.78. The number of benzene rings is 2. The second kappa shape index (κ2) is 7.14. The number of nitrogens with one attached hydrogen (secondary N) is 2. The number of carbonyl (C=O) groups is 1. The molecule has 8 heteroatoms. The van der Waals surface area contributed by atoms with E-state index in [-0.39, 0.29) is 33.3 Å². The number of carbonyl (C=O) groups excluding carboxylic acids is 1. The van der Waals surface area contributed by atoms with Crippen LogP contribution < -0.4 is 16.8 Å². The summed E-state index contributed by atoms with van der Waals surface area (Å²) in [6, 6.07) is 17.4. The quantitative estimate of drug-likeness (QED) is 0.455. The van der Waals surface area contributed by atoms with Gasteiger partial charge in [-0.3, -0.25) is 15.0 Å². The highest BCUT2D eigenvalue weighted by Gasteiger charge is 2.22. The number of nitrogen functional groups attached to an aromatic ring is 1. The van der Waals surface area contributed by atoms with Crippen molar-refractivity contribution in [1.82, 2.24) is 14.8 Å². The van der Waals surface area contributed by atoms with E-state index in [0.717, 1.165) is 5.56 Å². The molecular formula is C22H16N6O2. The molecule has 146 valence electrons. The van der Waals surface area contributed by atoms with Gasteiger partial charge < -0.3 is 10.7 Å². The molecule has 0 radical (unpaired) electrons. The second-order valence-corrected chi connectivity index (χ2v) is 6.74. The zero-order chi connectivity index (χ0) is 21.4. The predicted molar refractivity (Wildman–Crippen MR) is 111 cm³/mol. The molecule has 2 aromatic carbocycles. The molecule has 0 bridgehead atoms. The Morgan fingerprint density at radius 1 is 1.17 bits per heavy atom. The second-order valence-electron chi connectivity index (χ2n) is 6.74. The summed E-state index contributed by atoms with van der Waals surface area (Å²) in [5, 5.41) is 22.4. The van der Waals surface area contributed by atoms with Crippen molar-refractivity contribution in [3.05, 3.63) is 92.7 Å². The average molecular weight is 396 g/mol. The van der Waals surface area contributed by atoms with Crippen molar-refractivity contribution in [3.63, 3.8) is 0 Å². The molecule has 0 aliphatic rings. The van der Waals surface area contributed by atoms with Gasteiger partial charge in [0.25, 0.3) is 5.56 Å². The van der Waals surface area contributed by atoms with E-state index in [2.05, 4.69) is 10.1 Å². The zero-order valence-corrected chi connectivity index (χ0v) is 15.9. The van der Waals surface area contributed by atoms with Gasteiger partial charge in [-0.2, -0.15) is 10.4 Å². The summed E-state index contributed by atoms with van der Waals surface area (Å²) in [5.41, 5.74) is 6.76. The minimum absolute atomic E-state index is 0.0259. The van der Waals surface area contributed by atoms with Crippen LogP contribution in [-0.4, -0.2) is 20.5 Å². The van der Waals surface area contributed by atoms with Gasteiger partial charge in [-0.25, -0.2) is 4.68 Å². The van der Waals surface area contributed by atoms with Crippen LogP contribution in [0.25, 0.3) is 16.7 Å². The summed E-state index contributed by atoms with van der Waals surface area (Å²) in [4.78, 5) is 28.1. The maximum Gasteiger partial charge on any atom is 0.261 e. The number of aryl methyl sites for hydroxylation is 1. The monoisotopic (exact) mass is 396 g/mol. The van der Waals surface area contributed by atoms with Gasteiger partial charge in [0.15, 0.2) is 5.49 Å². The number of hydrogen-bond acceptors (Lipinski definition) is 6. The number of fused-ring (bicyclic) bond motifs is 1. The molecule has 0 amide bonds. The smallest absolute Gasteiger partial charge is 0.261 e. The molecule has 0 atom stereocenters. The maximum atomic E-state index is 12.9. The molecule has 0 saturated carbocycles. The lowest BCUT2D eigenvalue weighted by molar-refractivity contribution is 0.103. The van der Waals surface area contributed by atoms with Crippen molar-refractivity contribution in [2.45, 2.75) is 6.92 Å². The van der Waals surface area contributed by atoms with Gasteiger partial charge in [0.05, 0.1) is 16.9 Å². The number of H-pyrrole nitrogens is 1. The molecule has 0 unspecified atom stereocenters. The Morgan fingerprint density at radius 2 is 1.83 bits per heavy atom. The first-order valence-corrected chi connectivity index (χ1v) is 9.02. The van der Waals surface area contributed by atoms with Crippen LogP contribution in [0.15, 0.2) is 59.4 Å². The highest BCUT2D eigenvalue weighted by atomic mass is 16.1. The first-order chi connectivity index (χ1) is 14.4. The lowest BCUT2D eigenvalue weighted by atomic mass is 10.0. The van der Waals surface area contributed by atoms with Crippen molar-refractivity contribution in [3.8, 4) is 11.8 Å². The highest BCUT2D eigenvalue weighted by molar-refractivity contribution is 6.14. The molecule has 4 N–H and O–H groups in total. The van der Waals surface area contributed by atoms with Gasteiger partial charge in [-0.05, 0) is 19.1 Å². The summed E-state index contributed by atoms with van der Waals surface area (Å²) in [6.07, 6.45) is 0. The van der Waals surface area contributed by atoms with Gasteiger partial charge in [-0.1, -0.05) is 48.0 Å². The molecule has 4 rings (SSSR count). The number of ketones is 1. The van der Waals surface area contributed by atoms with Crippen molar-refractivity contribution in [2.24, 2.45) is 0 Å². The molecule has 0 aliphatic carbocycles. The molecule has 0 saturated heterocycles. The van der Waals surface area contributed by atoms with Crippen LogP contribution in [0.1, 0.15) is 27.0 Å². The highest BCUT2D eigenvalue weighted by Crippen LogP contribution is 2.22. The van der Waals surface area contributed by atoms with Crippen molar-refractivity contribution >= 4 is 22.5 Å². The molecule has 4 aromatic rings. The van der Waals surface area contributed by atoms with E-state index < -0.39 is 11.3 Å². The Bertz CT molecular complexity index is 1460. The number of aromatic nitrogens is 3. The topological polar surface area (TPSA) is 141 Å². The molecule has 8 nitrogen and oxygen atoms in total. The van der Waals surface area contributed by atoms with Crippen LogP contribution in [-0.2, 0) is 0 Å². The van der Waals surface area contributed by atoms with E-state index in [9.17, 15) is 14.9 Å². The zero-order valence-electron chi connectivity index (χ0n) is 15.9. The molecule has 2 heterocycles. The van der Waals surface area contributed by atoms with Crippen LogP contribution in [0, 0.1) is 23.7 Å². The minimum Gasteiger partial charge on any atom is -0.396 e. The Labute approximate surface area is 170 Å². The van der Waals surface area contributed by atoms with E-state index in [1.54, 1.807) is 42.5 Å². The van der Waals surface area contributed by atoms with E-state index >= 15 is 0 Å². The predicted octanol–water partition coefficient (Wildman–Crippen LogP) is 2.19. The number of rotatable bonds is 3. The number of anilines is 1. The van der Waals surface area contributed by atoms with Crippen LogP contribution in [0.5, 0.6) is 0 Å². The maximum absolute atomic E-state index is 12.9. The van der Waals surface area contributed by atoms with Crippen LogP contribution in [0.2, 0.25) is 0 Å². The summed E-state index contributed by atoms with van der Waals surface area (Å²) in [7, 11) is 0. The Morgan fingerprint density at radius 3 is 2.47 bits per heavy atom. The Kier molecular flexibility index (Phi) is 4.49. The van der Waals surface area contributed by atoms with E-state index in [1.807, 2.05) is 25.1 Å². The van der Waals surface area contributed by atoms with E-state index in [0.29, 0.717) is 11.3 Å². The fourth-order valence-corrected chi connectivity index (χ4v) is 3.21. The van der Waals surface area contributed by atoms with Gasteiger partial charge in [0.2, 0.25) is 5.78 Å². The van der Waals surface area contributed by atoms with Crippen molar-refractivity contribution in [1.29, 1.82) is 10.7 Å². The Hall–Kier alpha value is -4.51. The fourth-order valence-electron chi connectivity index (χ4n) is 3.21. The summed E-state index contributed by atoms with van der Waals surface area (Å²) in [5.74, 6) is -0.548. The largest absolute Gasteiger partial charge is 0.396 e. The number of aromatic amines is 1. The normalized spacial score (nSPS) is 10.7. The molecule has 0 aliphatic heterocycles. The number of nitriles is 1. The third kappa shape index (κ3) is 2.95. The summed E-state index contributed by atoms with van der Waals surface area (Å²) < 4.78 is 1.26. The molecule has 30 heavy (non-hydrogen) atoms. The summed E-state index contributed by atoms with van der Waals surface area (Å²) >= 11 is 0. The minimum atomic E-state index is -0.736. The van der Waals surface area contributed by atoms with Gasteiger partial charge in [0, 0.05) is 5.56 Å². The number of nitrogens with zero attached hydrogens (tertiary/aromatic N) is 3. The van der Waals surface area contributed by atoms with Crippen molar-refractivity contribution in [2.75, 3.05) is 5.73 Å². The SMILES string of the molecule is Cc1ccc(-n2nc3c(N)c(C(=O)c4ccccc4)c(=O)[nH]c3c(C#N)c2=N)cc1. The van der Waals surface area contributed by atoms with Gasteiger partial charge >= 0.3 is 0 Å². The molecular weight excluding hydrogens is 380 g/mol. The van der Waals surface area contributed by atoms with Crippen LogP contribution in [0.4, 0.5) is 5.69 Å². The van der Waals surface area contributed by atoms with E-state index in [4.69, 9.17) is 11.1 Å². The van der Waals surface area contributed by atoms with Gasteiger partial charge in [0.1, 0.15) is 22.7 Å². The lowest BCUT2D eigenvalue weighted by Gasteiger charge is -2.12. The first kappa shape index (κ1) is 18.8. The average Bonchev–Trinajstić information content (AvgIpc) is 2.75. The van der Waals surface area contributed by atoms with Crippen LogP contribution >= 0.6 is 0 Å². The number of nitrogens with two attached hydrogens (primary N) is 1. The number of pyridine rings is 1. The molecule has 2 aromatic heterocycles. The Balaban J connectivity index is 2.05.